The fourth-order valence-corrected chi connectivity index (χ4v) is 4.91. The molecule has 0 aromatic carbocycles. The standard InChI is InChI=1S/C12H19NO2/c13-6-12(5-11(14)15)9-3-7-1-2-8(9)10(12)4-7/h7-10H,1-6,13H2,(H,14,15)/t7?,8?,9-,10+,12?. The molecule has 3 nitrogen and oxygen atoms in total. The smallest absolute Gasteiger partial charge is 0.303 e. The van der Waals surface area contributed by atoms with E-state index in [2.05, 4.69) is 0 Å². The molecule has 3 unspecified atom stereocenters. The molecule has 5 saturated carbocycles. The first-order valence-corrected chi connectivity index (χ1v) is 6.09. The van der Waals surface area contributed by atoms with Crippen LogP contribution in [0.2, 0.25) is 0 Å². The maximum atomic E-state index is 10.9. The Balaban J connectivity index is 1.85. The van der Waals surface area contributed by atoms with Gasteiger partial charge < -0.3 is 10.8 Å². The molecule has 3 heteroatoms. The lowest BCUT2D eigenvalue weighted by Crippen LogP contribution is -2.66. The summed E-state index contributed by atoms with van der Waals surface area (Å²) in [5.74, 6) is 2.32. The summed E-state index contributed by atoms with van der Waals surface area (Å²) < 4.78 is 0. The van der Waals surface area contributed by atoms with Gasteiger partial charge in [0, 0.05) is 0 Å². The third-order valence-electron chi connectivity index (χ3n) is 5.45. The van der Waals surface area contributed by atoms with Crippen molar-refractivity contribution in [3.63, 3.8) is 0 Å². The van der Waals surface area contributed by atoms with Crippen LogP contribution in [0.5, 0.6) is 0 Å². The highest BCUT2D eigenvalue weighted by molar-refractivity contribution is 5.68. The van der Waals surface area contributed by atoms with Crippen LogP contribution in [0, 0.1) is 29.1 Å². The van der Waals surface area contributed by atoms with E-state index in [0.29, 0.717) is 24.8 Å². The van der Waals surface area contributed by atoms with Gasteiger partial charge in [0.25, 0.3) is 0 Å². The second-order valence-corrected chi connectivity index (χ2v) is 5.80. The highest BCUT2D eigenvalue weighted by Crippen LogP contribution is 2.70. The summed E-state index contributed by atoms with van der Waals surface area (Å²) in [5, 5.41) is 9.02. The summed E-state index contributed by atoms with van der Waals surface area (Å²) in [6.07, 6.45) is 5.53. The first-order chi connectivity index (χ1) is 7.17. The van der Waals surface area contributed by atoms with Crippen molar-refractivity contribution in [2.75, 3.05) is 6.54 Å². The van der Waals surface area contributed by atoms with E-state index in [9.17, 15) is 4.79 Å². The van der Waals surface area contributed by atoms with Gasteiger partial charge in [-0.2, -0.15) is 0 Å². The number of hydrogen-bond acceptors (Lipinski definition) is 2. The predicted molar refractivity (Wildman–Crippen MR) is 56.2 cm³/mol. The van der Waals surface area contributed by atoms with E-state index in [-0.39, 0.29) is 5.41 Å². The van der Waals surface area contributed by atoms with Crippen molar-refractivity contribution in [1.29, 1.82) is 0 Å². The second-order valence-electron chi connectivity index (χ2n) is 5.80. The van der Waals surface area contributed by atoms with Crippen LogP contribution in [0.3, 0.4) is 0 Å². The lowest BCUT2D eigenvalue weighted by atomic mass is 9.35. The van der Waals surface area contributed by atoms with E-state index in [1.165, 1.54) is 25.7 Å². The zero-order chi connectivity index (χ0) is 10.6. The van der Waals surface area contributed by atoms with Crippen LogP contribution in [0.4, 0.5) is 0 Å². The molecule has 0 aromatic heterocycles. The first-order valence-electron chi connectivity index (χ1n) is 6.09. The molecule has 84 valence electrons. The van der Waals surface area contributed by atoms with Crippen molar-refractivity contribution >= 4 is 5.97 Å². The third-order valence-corrected chi connectivity index (χ3v) is 5.45. The first kappa shape index (κ1) is 9.64. The number of carboxylic acid groups (broad SMARTS) is 1. The summed E-state index contributed by atoms with van der Waals surface area (Å²) in [6.45, 7) is 0.581. The van der Waals surface area contributed by atoms with E-state index in [0.717, 1.165) is 11.8 Å². The van der Waals surface area contributed by atoms with E-state index in [1.54, 1.807) is 0 Å². The molecule has 5 atom stereocenters. The molecule has 5 rings (SSSR count). The molecule has 15 heavy (non-hydrogen) atoms. The summed E-state index contributed by atoms with van der Waals surface area (Å²) in [6, 6.07) is 0. The van der Waals surface area contributed by atoms with Crippen LogP contribution in [-0.4, -0.2) is 17.6 Å². The molecule has 0 aliphatic heterocycles. The number of aliphatic carboxylic acids is 1. The Morgan fingerprint density at radius 2 is 2.00 bits per heavy atom. The van der Waals surface area contributed by atoms with Gasteiger partial charge in [-0.3, -0.25) is 4.79 Å². The van der Waals surface area contributed by atoms with Crippen molar-refractivity contribution in [2.45, 2.75) is 32.1 Å². The fourth-order valence-electron chi connectivity index (χ4n) is 4.91. The minimum absolute atomic E-state index is 0.0204. The van der Waals surface area contributed by atoms with Gasteiger partial charge in [0.05, 0.1) is 6.42 Å². The number of carbonyl (C=O) groups is 1. The fraction of sp³-hybridized carbons (Fsp3) is 0.917. The number of hydrogen-bond donors (Lipinski definition) is 2. The molecule has 4 bridgehead atoms. The van der Waals surface area contributed by atoms with Crippen LogP contribution in [0.1, 0.15) is 32.1 Å². The molecule has 5 aliphatic rings. The zero-order valence-electron chi connectivity index (χ0n) is 8.98. The maximum absolute atomic E-state index is 10.9. The van der Waals surface area contributed by atoms with Crippen molar-refractivity contribution in [1.82, 2.24) is 0 Å². The number of carboxylic acids is 1. The van der Waals surface area contributed by atoms with Crippen LogP contribution in [0.15, 0.2) is 0 Å². The Kier molecular flexibility index (Phi) is 1.91. The van der Waals surface area contributed by atoms with E-state index in [4.69, 9.17) is 10.8 Å². The monoisotopic (exact) mass is 209 g/mol. The summed E-state index contributed by atoms with van der Waals surface area (Å²) in [4.78, 5) is 10.9. The molecule has 3 N–H and O–H groups in total. The molecule has 0 heterocycles. The minimum Gasteiger partial charge on any atom is -0.481 e. The SMILES string of the molecule is NCC1(CC(=O)O)[C@@H]2CC3CCC2[C@@H]1C3. The van der Waals surface area contributed by atoms with Gasteiger partial charge in [0.2, 0.25) is 0 Å². The summed E-state index contributed by atoms with van der Waals surface area (Å²) >= 11 is 0. The van der Waals surface area contributed by atoms with Crippen molar-refractivity contribution in [3.8, 4) is 0 Å². The molecular formula is C12H19NO2. The van der Waals surface area contributed by atoms with Gasteiger partial charge in [-0.15, -0.1) is 0 Å². The molecule has 0 amide bonds. The minimum atomic E-state index is -0.659. The lowest BCUT2D eigenvalue weighted by Gasteiger charge is -2.69. The van der Waals surface area contributed by atoms with Gasteiger partial charge in [-0.25, -0.2) is 0 Å². The van der Waals surface area contributed by atoms with Crippen LogP contribution >= 0.6 is 0 Å². The van der Waals surface area contributed by atoms with Crippen LogP contribution < -0.4 is 5.73 Å². The molecule has 0 radical (unpaired) electrons. The van der Waals surface area contributed by atoms with E-state index >= 15 is 0 Å². The van der Waals surface area contributed by atoms with Crippen molar-refractivity contribution < 1.29 is 9.90 Å². The molecular weight excluding hydrogens is 190 g/mol. The number of nitrogens with two attached hydrogens (primary N) is 1. The van der Waals surface area contributed by atoms with Crippen molar-refractivity contribution in [3.05, 3.63) is 0 Å². The van der Waals surface area contributed by atoms with Crippen LogP contribution in [0.25, 0.3) is 0 Å². The third kappa shape index (κ3) is 1.07. The quantitative estimate of drug-likeness (QED) is 0.740. The summed E-state index contributed by atoms with van der Waals surface area (Å²) in [5.41, 5.74) is 5.86. The molecule has 0 saturated heterocycles. The van der Waals surface area contributed by atoms with Gasteiger partial charge in [-0.05, 0) is 54.9 Å². The van der Waals surface area contributed by atoms with Gasteiger partial charge in [-0.1, -0.05) is 6.42 Å². The number of fused-ring (bicyclic) bond motifs is 1. The molecule has 5 fully saturated rings. The van der Waals surface area contributed by atoms with Gasteiger partial charge in [0.15, 0.2) is 0 Å². The maximum Gasteiger partial charge on any atom is 0.303 e. The topological polar surface area (TPSA) is 63.3 Å². The number of rotatable bonds is 3. The van der Waals surface area contributed by atoms with Gasteiger partial charge >= 0.3 is 5.97 Å². The molecule has 0 aromatic rings. The van der Waals surface area contributed by atoms with Gasteiger partial charge in [0.1, 0.15) is 0 Å². The molecule has 5 aliphatic carbocycles. The Bertz CT molecular complexity index is 288. The Labute approximate surface area is 90.0 Å². The average Bonchev–Trinajstić information content (AvgIpc) is 2.26. The summed E-state index contributed by atoms with van der Waals surface area (Å²) in [7, 11) is 0. The van der Waals surface area contributed by atoms with Crippen LogP contribution in [-0.2, 0) is 4.79 Å². The average molecular weight is 209 g/mol. The largest absolute Gasteiger partial charge is 0.481 e. The highest BCUT2D eigenvalue weighted by atomic mass is 16.4. The Hall–Kier alpha value is -0.570. The van der Waals surface area contributed by atoms with E-state index < -0.39 is 5.97 Å². The predicted octanol–water partition coefficient (Wildman–Crippen LogP) is 1.47. The zero-order valence-corrected chi connectivity index (χ0v) is 8.98. The molecule has 0 spiro atoms. The Morgan fingerprint density at radius 3 is 2.40 bits per heavy atom. The normalized spacial score (nSPS) is 51.3. The second kappa shape index (κ2) is 2.97. The van der Waals surface area contributed by atoms with Crippen molar-refractivity contribution in [2.24, 2.45) is 34.8 Å². The lowest BCUT2D eigenvalue weighted by molar-refractivity contribution is -0.210. The Morgan fingerprint density at radius 1 is 1.33 bits per heavy atom. The van der Waals surface area contributed by atoms with E-state index in [1.807, 2.05) is 0 Å². The highest BCUT2D eigenvalue weighted by Gasteiger charge is 2.65.